The first-order chi connectivity index (χ1) is 6.98. The Labute approximate surface area is 95.4 Å². The van der Waals surface area contributed by atoms with Crippen LogP contribution in [0.25, 0.3) is 0 Å². The average Bonchev–Trinajstić information content (AvgIpc) is 2.16. The van der Waals surface area contributed by atoms with Gasteiger partial charge in [-0.15, -0.1) is 0 Å². The van der Waals surface area contributed by atoms with Crippen molar-refractivity contribution in [1.82, 2.24) is 9.21 Å². The van der Waals surface area contributed by atoms with Crippen LogP contribution in [0, 0.1) is 0 Å². The second-order valence-electron chi connectivity index (χ2n) is 5.58. The molecule has 15 heavy (non-hydrogen) atoms. The van der Waals surface area contributed by atoms with Crippen molar-refractivity contribution in [3.05, 3.63) is 0 Å². The zero-order valence-corrected chi connectivity index (χ0v) is 10.8. The summed E-state index contributed by atoms with van der Waals surface area (Å²) < 4.78 is 14.0. The van der Waals surface area contributed by atoms with Crippen LogP contribution >= 0.6 is 0 Å². The second kappa shape index (κ2) is 4.15. The molecule has 2 heterocycles. The Morgan fingerprint density at radius 3 is 2.67 bits per heavy atom. The monoisotopic (exact) mass is 230 g/mol. The Balaban J connectivity index is 2.03. The van der Waals surface area contributed by atoms with Gasteiger partial charge in [-0.05, 0) is 33.6 Å². The first-order valence-corrected chi connectivity index (χ1v) is 7.16. The van der Waals surface area contributed by atoms with E-state index in [2.05, 4.69) is 30.0 Å². The van der Waals surface area contributed by atoms with Gasteiger partial charge in [0.15, 0.2) is 0 Å². The highest BCUT2D eigenvalue weighted by Crippen LogP contribution is 2.25. The molecule has 2 atom stereocenters. The molecule has 1 unspecified atom stereocenters. The zero-order chi connectivity index (χ0) is 11.1. The van der Waals surface area contributed by atoms with Crippen molar-refractivity contribution in [3.63, 3.8) is 0 Å². The third kappa shape index (κ3) is 2.43. The fraction of sp³-hybridized carbons (Fsp3) is 1.00. The van der Waals surface area contributed by atoms with Gasteiger partial charge in [0.25, 0.3) is 0 Å². The Kier molecular flexibility index (Phi) is 3.20. The first-order valence-electron chi connectivity index (χ1n) is 5.88. The molecule has 4 heteroatoms. The van der Waals surface area contributed by atoms with Crippen molar-refractivity contribution in [2.45, 2.75) is 45.2 Å². The van der Waals surface area contributed by atoms with E-state index >= 15 is 0 Å². The first kappa shape index (κ1) is 11.6. The summed E-state index contributed by atoms with van der Waals surface area (Å²) in [4.78, 5) is 2.52. The van der Waals surface area contributed by atoms with Crippen LogP contribution in [0.3, 0.4) is 0 Å². The number of hydrogen-bond donors (Lipinski definition) is 0. The van der Waals surface area contributed by atoms with Gasteiger partial charge in [0, 0.05) is 37.0 Å². The van der Waals surface area contributed by atoms with E-state index in [4.69, 9.17) is 0 Å². The van der Waals surface area contributed by atoms with Crippen molar-refractivity contribution in [2.75, 3.05) is 25.4 Å². The predicted octanol–water partition coefficient (Wildman–Crippen LogP) is 1.23. The maximum absolute atomic E-state index is 11.8. The zero-order valence-electron chi connectivity index (χ0n) is 10.0. The lowest BCUT2D eigenvalue weighted by Crippen LogP contribution is -2.59. The molecule has 0 aromatic heterocycles. The molecule has 88 valence electrons. The Bertz CT molecular complexity index is 262. The van der Waals surface area contributed by atoms with Gasteiger partial charge in [-0.3, -0.25) is 4.90 Å². The summed E-state index contributed by atoms with van der Waals surface area (Å²) in [5.74, 6) is 0.881. The molecule has 0 radical (unpaired) electrons. The summed E-state index contributed by atoms with van der Waals surface area (Å²) in [6.07, 6.45) is 2.35. The van der Waals surface area contributed by atoms with E-state index in [0.29, 0.717) is 6.04 Å². The van der Waals surface area contributed by atoms with Crippen LogP contribution in [-0.4, -0.2) is 50.4 Å². The number of rotatable bonds is 0. The third-order valence-electron chi connectivity index (χ3n) is 3.50. The molecule has 0 amide bonds. The normalized spacial score (nSPS) is 35.1. The Morgan fingerprint density at radius 1 is 1.27 bits per heavy atom. The number of hydrogen-bond acceptors (Lipinski definition) is 2. The van der Waals surface area contributed by atoms with Crippen molar-refractivity contribution >= 4 is 11.0 Å². The molecule has 3 nitrogen and oxygen atoms in total. The lowest BCUT2D eigenvalue weighted by molar-refractivity contribution is 0.0557. The fourth-order valence-electron chi connectivity index (χ4n) is 2.51. The summed E-state index contributed by atoms with van der Waals surface area (Å²) in [7, 11) is -0.692. The molecule has 0 spiro atoms. The van der Waals surface area contributed by atoms with E-state index in [1.54, 1.807) is 0 Å². The molecular formula is C11H22N2OS. The largest absolute Gasteiger partial charge is 0.296 e. The molecule has 2 fully saturated rings. The van der Waals surface area contributed by atoms with Gasteiger partial charge in [-0.1, -0.05) is 0 Å². The standard InChI is InChI=1S/C11H22N2OS/c1-11(2,3)12-6-7-13-10(9-12)5-4-8-15(13)14/h10H,4-9H2,1-3H3/t10-,15?/m1/s1. The van der Waals surface area contributed by atoms with Crippen LogP contribution in [0.1, 0.15) is 33.6 Å². The summed E-state index contributed by atoms with van der Waals surface area (Å²) >= 11 is 0. The summed E-state index contributed by atoms with van der Waals surface area (Å²) in [5.41, 5.74) is 0.255. The summed E-state index contributed by atoms with van der Waals surface area (Å²) in [5, 5.41) is 0. The molecule has 2 aliphatic rings. The van der Waals surface area contributed by atoms with Crippen molar-refractivity contribution in [2.24, 2.45) is 0 Å². The van der Waals surface area contributed by atoms with E-state index in [-0.39, 0.29) is 5.54 Å². The maximum Gasteiger partial charge on any atom is 0.0946 e. The van der Waals surface area contributed by atoms with Crippen molar-refractivity contribution in [1.29, 1.82) is 0 Å². The van der Waals surface area contributed by atoms with Crippen LogP contribution in [0.2, 0.25) is 0 Å². The minimum absolute atomic E-state index is 0.255. The number of fused-ring (bicyclic) bond motifs is 1. The van der Waals surface area contributed by atoms with E-state index in [1.807, 2.05) is 0 Å². The highest BCUT2D eigenvalue weighted by Gasteiger charge is 2.36. The molecule has 2 rings (SSSR count). The minimum atomic E-state index is -0.692. The van der Waals surface area contributed by atoms with Gasteiger partial charge in [-0.2, -0.15) is 0 Å². The maximum atomic E-state index is 11.8. The number of nitrogens with zero attached hydrogens (tertiary/aromatic N) is 2. The minimum Gasteiger partial charge on any atom is -0.296 e. The molecule has 0 bridgehead atoms. The van der Waals surface area contributed by atoms with E-state index < -0.39 is 11.0 Å². The van der Waals surface area contributed by atoms with Gasteiger partial charge in [-0.25, -0.2) is 8.51 Å². The van der Waals surface area contributed by atoms with Gasteiger partial charge in [0.2, 0.25) is 0 Å². The lowest BCUT2D eigenvalue weighted by Gasteiger charge is -2.47. The molecule has 0 N–H and O–H groups in total. The highest BCUT2D eigenvalue weighted by atomic mass is 32.2. The lowest BCUT2D eigenvalue weighted by atomic mass is 10.0. The highest BCUT2D eigenvalue weighted by molar-refractivity contribution is 7.82. The predicted molar refractivity (Wildman–Crippen MR) is 64.1 cm³/mol. The van der Waals surface area contributed by atoms with Gasteiger partial charge in [0.1, 0.15) is 0 Å². The number of piperazine rings is 1. The molecule has 0 aromatic rings. The third-order valence-corrected chi connectivity index (χ3v) is 5.14. The van der Waals surface area contributed by atoms with Crippen LogP contribution in [-0.2, 0) is 11.0 Å². The van der Waals surface area contributed by atoms with E-state index in [9.17, 15) is 4.21 Å². The molecule has 0 saturated carbocycles. The summed E-state index contributed by atoms with van der Waals surface area (Å²) in [6, 6.07) is 0.535. The molecular weight excluding hydrogens is 208 g/mol. The van der Waals surface area contributed by atoms with Crippen LogP contribution in [0.5, 0.6) is 0 Å². The van der Waals surface area contributed by atoms with Crippen molar-refractivity contribution < 1.29 is 4.21 Å². The SMILES string of the molecule is CC(C)(C)N1CCN2[C@H](CCCS2=O)C1. The van der Waals surface area contributed by atoms with Gasteiger partial charge in [0.05, 0.1) is 11.0 Å². The smallest absolute Gasteiger partial charge is 0.0946 e. The molecule has 2 saturated heterocycles. The molecule has 0 aliphatic carbocycles. The summed E-state index contributed by atoms with van der Waals surface area (Å²) in [6.45, 7) is 9.93. The topological polar surface area (TPSA) is 23.6 Å². The molecule has 2 aliphatic heterocycles. The van der Waals surface area contributed by atoms with Crippen LogP contribution in [0.15, 0.2) is 0 Å². The van der Waals surface area contributed by atoms with Crippen LogP contribution in [0.4, 0.5) is 0 Å². The second-order valence-corrected chi connectivity index (χ2v) is 7.10. The van der Waals surface area contributed by atoms with Crippen LogP contribution < -0.4 is 0 Å². The Hall–Kier alpha value is 0.0700. The van der Waals surface area contributed by atoms with E-state index in [0.717, 1.165) is 31.8 Å². The van der Waals surface area contributed by atoms with Gasteiger partial charge < -0.3 is 0 Å². The van der Waals surface area contributed by atoms with E-state index in [1.165, 1.54) is 6.42 Å². The average molecular weight is 230 g/mol. The molecule has 0 aromatic carbocycles. The van der Waals surface area contributed by atoms with Crippen molar-refractivity contribution in [3.8, 4) is 0 Å². The quantitative estimate of drug-likeness (QED) is 0.625. The fourth-order valence-corrected chi connectivity index (χ4v) is 3.95. The van der Waals surface area contributed by atoms with Gasteiger partial charge >= 0.3 is 0 Å². The Morgan fingerprint density at radius 2 is 2.00 bits per heavy atom.